The molecule has 4 heavy (non-hydrogen) atoms. The van der Waals surface area contributed by atoms with Gasteiger partial charge in [-0.2, -0.15) is 5.26 Å². The molecule has 3 heteroatoms. The third-order valence-corrected chi connectivity index (χ3v) is 0. The number of nitriles is 1. The second-order valence-corrected chi connectivity index (χ2v) is 0.0845. The van der Waals surface area contributed by atoms with Crippen LogP contribution in [0.25, 0.3) is 0 Å². The van der Waals surface area contributed by atoms with Gasteiger partial charge >= 0.3 is 51.4 Å². The zero-order valence-electron chi connectivity index (χ0n) is 3.33. The molecule has 0 saturated carbocycles. The smallest absolute Gasteiger partial charge is 1.00 e. The molecule has 18 valence electrons. The van der Waals surface area contributed by atoms with Crippen LogP contribution in [0.5, 0.6) is 0 Å². The Hall–Kier alpha value is 1.06. The Morgan fingerprint density at radius 3 is 2.00 bits per heavy atom. The molecule has 0 aromatic rings. The molecule has 0 bridgehead atoms. The molecule has 0 aromatic heterocycles. The summed E-state index contributed by atoms with van der Waals surface area (Å²) in [5.74, 6) is 0. The van der Waals surface area contributed by atoms with Crippen LogP contribution < -0.4 is 51.4 Å². The topological polar surface area (TPSA) is 23.8 Å². The van der Waals surface area contributed by atoms with Crippen molar-refractivity contribution in [2.75, 3.05) is 0 Å². The van der Waals surface area contributed by atoms with Gasteiger partial charge < -0.3 is 1.43 Å². The summed E-state index contributed by atoms with van der Waals surface area (Å²) in [7, 11) is 0. The SMILES string of the molecule is N#CF.[H-].[K+]. The van der Waals surface area contributed by atoms with Gasteiger partial charge in [0.1, 0.15) is 0 Å². The fraction of sp³-hybridized carbons (Fsp3) is 0. The van der Waals surface area contributed by atoms with E-state index < -0.39 is 0 Å². The van der Waals surface area contributed by atoms with Gasteiger partial charge in [0.25, 0.3) is 6.32 Å². The van der Waals surface area contributed by atoms with Crippen molar-refractivity contribution in [2.45, 2.75) is 0 Å². The maximum Gasteiger partial charge on any atom is 1.00 e. The van der Waals surface area contributed by atoms with E-state index >= 15 is 0 Å². The van der Waals surface area contributed by atoms with Crippen LogP contribution in [0.3, 0.4) is 0 Å². The second-order valence-electron chi connectivity index (χ2n) is 0.0845. The van der Waals surface area contributed by atoms with Crippen LogP contribution in [0, 0.1) is 11.6 Å². The van der Waals surface area contributed by atoms with Gasteiger partial charge in [0, 0.05) is 0 Å². The monoisotopic (exact) mass is 85.0 g/mol. The standard InChI is InChI=1S/CFN.K.H/c2-1-3;;/q;+1;-1. The molecule has 0 aliphatic carbocycles. The van der Waals surface area contributed by atoms with Crippen molar-refractivity contribution in [2.24, 2.45) is 0 Å². The predicted molar refractivity (Wildman–Crippen MR) is 7.83 cm³/mol. The third-order valence-electron chi connectivity index (χ3n) is 0. The molecular weight excluding hydrogens is 84.1 g/mol. The fourth-order valence-electron chi connectivity index (χ4n) is 0. The second kappa shape index (κ2) is 8.96. The molecule has 0 radical (unpaired) electrons. The van der Waals surface area contributed by atoms with Crippen molar-refractivity contribution in [3.8, 4) is 6.32 Å². The summed E-state index contributed by atoms with van der Waals surface area (Å²) >= 11 is 0. The summed E-state index contributed by atoms with van der Waals surface area (Å²) in [5, 5.41) is 6.65. The van der Waals surface area contributed by atoms with Crippen LogP contribution in [0.4, 0.5) is 4.39 Å². The molecule has 0 unspecified atom stereocenters. The normalized spacial score (nSPS) is 2.00. The van der Waals surface area contributed by atoms with E-state index in [4.69, 9.17) is 5.26 Å². The molecule has 0 aliphatic rings. The Bertz CT molecular complexity index is 33.1. The molecular formula is CHFKN. The van der Waals surface area contributed by atoms with Crippen molar-refractivity contribution in [3.05, 3.63) is 0 Å². The number of halogens is 1. The summed E-state index contributed by atoms with van der Waals surface area (Å²) < 4.78 is 9.60. The number of nitrogens with zero attached hydrogens (tertiary/aromatic N) is 1. The maximum absolute atomic E-state index is 9.60. The maximum atomic E-state index is 9.60. The van der Waals surface area contributed by atoms with Gasteiger partial charge in [0.15, 0.2) is 0 Å². The van der Waals surface area contributed by atoms with E-state index in [1.54, 1.807) is 0 Å². The zero-order chi connectivity index (χ0) is 2.71. The molecule has 0 amide bonds. The Morgan fingerprint density at radius 1 is 2.00 bits per heavy atom. The van der Waals surface area contributed by atoms with Crippen molar-refractivity contribution >= 4 is 0 Å². The Kier molecular flexibility index (Phi) is 20.0. The molecule has 0 atom stereocenters. The average Bonchev–Trinajstić information content (AvgIpc) is 0.918. The van der Waals surface area contributed by atoms with Gasteiger partial charge in [0.2, 0.25) is 0 Å². The van der Waals surface area contributed by atoms with Crippen LogP contribution in [-0.2, 0) is 0 Å². The van der Waals surface area contributed by atoms with Gasteiger partial charge in [-0.25, -0.2) is 0 Å². The molecule has 0 saturated heterocycles. The zero-order valence-corrected chi connectivity index (χ0v) is 5.45. The van der Waals surface area contributed by atoms with Crippen LogP contribution in [0.2, 0.25) is 0 Å². The largest absolute Gasteiger partial charge is 1.00 e. The average molecular weight is 85.1 g/mol. The first kappa shape index (κ1) is 8.91. The summed E-state index contributed by atoms with van der Waals surface area (Å²) in [6.07, 6.45) is 0.250. The van der Waals surface area contributed by atoms with E-state index in [0.29, 0.717) is 0 Å². The minimum Gasteiger partial charge on any atom is -1.00 e. The van der Waals surface area contributed by atoms with Gasteiger partial charge in [-0.1, -0.05) is 0 Å². The summed E-state index contributed by atoms with van der Waals surface area (Å²) in [6, 6.07) is 0. The Morgan fingerprint density at radius 2 is 2.00 bits per heavy atom. The number of hydrogen-bond acceptors (Lipinski definition) is 1. The van der Waals surface area contributed by atoms with E-state index in [0.717, 1.165) is 0 Å². The molecule has 0 aromatic carbocycles. The molecule has 0 fully saturated rings. The van der Waals surface area contributed by atoms with Gasteiger partial charge in [0.05, 0.1) is 0 Å². The first-order valence-corrected chi connectivity index (χ1v) is 0.413. The van der Waals surface area contributed by atoms with E-state index in [1.165, 1.54) is 0 Å². The van der Waals surface area contributed by atoms with Crippen molar-refractivity contribution in [1.29, 1.82) is 5.26 Å². The van der Waals surface area contributed by atoms with Crippen LogP contribution in [0.15, 0.2) is 0 Å². The third kappa shape index (κ3) is 11.6. The first-order valence-electron chi connectivity index (χ1n) is 0.413. The molecule has 0 rings (SSSR count). The van der Waals surface area contributed by atoms with Crippen LogP contribution in [-0.4, -0.2) is 0 Å². The van der Waals surface area contributed by atoms with Crippen LogP contribution in [0.1, 0.15) is 1.43 Å². The van der Waals surface area contributed by atoms with E-state index in [-0.39, 0.29) is 59.1 Å². The van der Waals surface area contributed by atoms with Crippen molar-refractivity contribution < 1.29 is 57.2 Å². The predicted octanol–water partition coefficient (Wildman–Crippen LogP) is -2.45. The fourth-order valence-corrected chi connectivity index (χ4v) is 0. The van der Waals surface area contributed by atoms with E-state index in [1.807, 2.05) is 0 Å². The molecule has 0 spiro atoms. The molecule has 0 N–H and O–H groups in total. The summed E-state index contributed by atoms with van der Waals surface area (Å²) in [6.45, 7) is 0. The molecule has 0 heterocycles. The minimum absolute atomic E-state index is 0. The van der Waals surface area contributed by atoms with Gasteiger partial charge in [-0.15, -0.1) is 4.39 Å². The number of rotatable bonds is 0. The van der Waals surface area contributed by atoms with E-state index in [2.05, 4.69) is 0 Å². The van der Waals surface area contributed by atoms with Gasteiger partial charge in [-0.3, -0.25) is 0 Å². The quantitative estimate of drug-likeness (QED) is 0.300. The van der Waals surface area contributed by atoms with E-state index in [9.17, 15) is 4.39 Å². The minimum atomic E-state index is 0. The number of hydrogen-bond donors (Lipinski definition) is 0. The van der Waals surface area contributed by atoms with Gasteiger partial charge in [-0.05, 0) is 0 Å². The Labute approximate surface area is 67.7 Å². The first-order chi connectivity index (χ1) is 1.41. The molecule has 0 aliphatic heterocycles. The van der Waals surface area contributed by atoms with Crippen molar-refractivity contribution in [3.63, 3.8) is 0 Å². The summed E-state index contributed by atoms with van der Waals surface area (Å²) in [5.41, 5.74) is 0. The summed E-state index contributed by atoms with van der Waals surface area (Å²) in [4.78, 5) is 0. The van der Waals surface area contributed by atoms with Crippen LogP contribution >= 0.6 is 0 Å². The van der Waals surface area contributed by atoms with Crippen molar-refractivity contribution in [1.82, 2.24) is 0 Å². The molecule has 1 nitrogen and oxygen atoms in total. The Balaban J connectivity index is -0.0000000200.